The fourth-order valence-electron chi connectivity index (χ4n) is 1.13. The molecule has 0 saturated carbocycles. The van der Waals surface area contributed by atoms with Crippen molar-refractivity contribution in [1.29, 1.82) is 0 Å². The molecule has 0 spiro atoms. The molecule has 0 heterocycles. The Balaban J connectivity index is 4.16. The van der Waals surface area contributed by atoms with Gasteiger partial charge in [-0.2, -0.15) is 0 Å². The zero-order valence-electron chi connectivity index (χ0n) is 9.23. The number of aliphatic hydroxyl groups excluding tert-OH is 1. The molecule has 0 aliphatic heterocycles. The molecule has 0 radical (unpaired) electrons. The van der Waals surface area contributed by atoms with Crippen LogP contribution >= 0.6 is 0 Å². The predicted octanol–water partition coefficient (Wildman–Crippen LogP) is -0.259. The van der Waals surface area contributed by atoms with E-state index >= 15 is 0 Å². The lowest BCUT2D eigenvalue weighted by atomic mass is 10.00. The number of carbonyl (C=O) groups excluding carboxylic acids is 1. The largest absolute Gasteiger partial charge is 0.382 e. The van der Waals surface area contributed by atoms with Gasteiger partial charge in [-0.15, -0.1) is 0 Å². The summed E-state index contributed by atoms with van der Waals surface area (Å²) in [5.41, 5.74) is 5.66. The number of aliphatic hydroxyl groups is 1. The van der Waals surface area contributed by atoms with Crippen LogP contribution in [0.25, 0.3) is 0 Å². The van der Waals surface area contributed by atoms with E-state index in [1.807, 2.05) is 13.8 Å². The first-order chi connectivity index (χ1) is 6.40. The second-order valence-corrected chi connectivity index (χ2v) is 3.76. The first kappa shape index (κ1) is 13.4. The average molecular weight is 204 g/mol. The van der Waals surface area contributed by atoms with E-state index in [2.05, 4.69) is 4.84 Å². The van der Waals surface area contributed by atoms with Gasteiger partial charge in [0, 0.05) is 13.1 Å². The van der Waals surface area contributed by atoms with Crippen LogP contribution in [0.5, 0.6) is 0 Å². The second kappa shape index (κ2) is 5.95. The van der Waals surface area contributed by atoms with Gasteiger partial charge in [-0.25, -0.2) is 5.06 Å². The molecule has 2 atom stereocenters. The van der Waals surface area contributed by atoms with Gasteiger partial charge in [0.1, 0.15) is 6.10 Å². The average Bonchev–Trinajstić information content (AvgIpc) is 2.13. The molecule has 14 heavy (non-hydrogen) atoms. The number of likely N-dealkylation sites (N-methyl/N-ethyl adjacent to an activating group) is 1. The van der Waals surface area contributed by atoms with Crippen molar-refractivity contribution in [3.63, 3.8) is 0 Å². The zero-order chi connectivity index (χ0) is 11.3. The van der Waals surface area contributed by atoms with Crippen molar-refractivity contribution in [2.75, 3.05) is 14.2 Å². The summed E-state index contributed by atoms with van der Waals surface area (Å²) < 4.78 is 0. The third-order valence-corrected chi connectivity index (χ3v) is 1.99. The van der Waals surface area contributed by atoms with Crippen LogP contribution in [0.2, 0.25) is 0 Å². The highest BCUT2D eigenvalue weighted by Crippen LogP contribution is 2.07. The number of hydrogen-bond donors (Lipinski definition) is 2. The molecule has 0 fully saturated rings. The van der Waals surface area contributed by atoms with Crippen molar-refractivity contribution in [2.45, 2.75) is 32.4 Å². The maximum absolute atomic E-state index is 11.4. The fraction of sp³-hybridized carbons (Fsp3) is 0.889. The second-order valence-electron chi connectivity index (χ2n) is 3.76. The summed E-state index contributed by atoms with van der Waals surface area (Å²) in [6.07, 6.45) is -0.591. The third kappa shape index (κ3) is 4.04. The Morgan fingerprint density at radius 1 is 1.57 bits per heavy atom. The van der Waals surface area contributed by atoms with Crippen LogP contribution < -0.4 is 5.73 Å². The molecule has 0 aliphatic rings. The molecule has 5 nitrogen and oxygen atoms in total. The molecule has 0 aromatic heterocycles. The lowest BCUT2D eigenvalue weighted by molar-refractivity contribution is -0.179. The number of nitrogens with two attached hydrogens (primary N) is 1. The molecule has 84 valence electrons. The van der Waals surface area contributed by atoms with E-state index in [9.17, 15) is 9.90 Å². The van der Waals surface area contributed by atoms with Gasteiger partial charge >= 0.3 is 0 Å². The minimum Gasteiger partial charge on any atom is -0.382 e. The Kier molecular flexibility index (Phi) is 5.68. The standard InChI is InChI=1S/C9H20N2O3/c1-6(2)5-7(10)8(12)9(13)11(3)14-4/h6-8,12H,5,10H2,1-4H3/t7-,8+/m0/s1. The van der Waals surface area contributed by atoms with Crippen LogP contribution in [0.3, 0.4) is 0 Å². The van der Waals surface area contributed by atoms with E-state index in [0.29, 0.717) is 12.3 Å². The summed E-state index contributed by atoms with van der Waals surface area (Å²) in [5, 5.41) is 10.5. The first-order valence-corrected chi connectivity index (χ1v) is 4.65. The first-order valence-electron chi connectivity index (χ1n) is 4.65. The lowest BCUT2D eigenvalue weighted by Crippen LogP contribution is -2.47. The van der Waals surface area contributed by atoms with Crippen molar-refractivity contribution < 1.29 is 14.7 Å². The Morgan fingerprint density at radius 2 is 2.07 bits per heavy atom. The molecule has 0 rings (SSSR count). The molecule has 0 aromatic carbocycles. The molecule has 0 saturated heterocycles. The number of nitrogens with zero attached hydrogens (tertiary/aromatic N) is 1. The van der Waals surface area contributed by atoms with Gasteiger partial charge in [-0.1, -0.05) is 13.8 Å². The van der Waals surface area contributed by atoms with Crippen LogP contribution in [0.15, 0.2) is 0 Å². The quantitative estimate of drug-likeness (QED) is 0.605. The van der Waals surface area contributed by atoms with Crippen LogP contribution in [0.1, 0.15) is 20.3 Å². The normalized spacial score (nSPS) is 15.4. The highest BCUT2D eigenvalue weighted by atomic mass is 16.7. The molecule has 0 aromatic rings. The zero-order valence-corrected chi connectivity index (χ0v) is 9.23. The minimum absolute atomic E-state index is 0.348. The highest BCUT2D eigenvalue weighted by molar-refractivity contribution is 5.80. The van der Waals surface area contributed by atoms with E-state index in [-0.39, 0.29) is 0 Å². The van der Waals surface area contributed by atoms with Crippen molar-refractivity contribution >= 4 is 5.91 Å². The van der Waals surface area contributed by atoms with Gasteiger partial charge in [0.15, 0.2) is 0 Å². The van der Waals surface area contributed by atoms with E-state index in [0.717, 1.165) is 5.06 Å². The monoisotopic (exact) mass is 204 g/mol. The number of hydrogen-bond acceptors (Lipinski definition) is 4. The van der Waals surface area contributed by atoms with Crippen molar-refractivity contribution in [1.82, 2.24) is 5.06 Å². The molecule has 0 unspecified atom stereocenters. The molecule has 0 bridgehead atoms. The molecule has 0 aliphatic carbocycles. The molecular formula is C9H20N2O3. The van der Waals surface area contributed by atoms with E-state index in [1.165, 1.54) is 14.2 Å². The summed E-state index contributed by atoms with van der Waals surface area (Å²) in [5.74, 6) is -0.166. The summed E-state index contributed by atoms with van der Waals surface area (Å²) in [6, 6.07) is -0.542. The van der Waals surface area contributed by atoms with Gasteiger partial charge in [0.2, 0.25) is 0 Å². The van der Waals surface area contributed by atoms with Crippen molar-refractivity contribution in [3.05, 3.63) is 0 Å². The van der Waals surface area contributed by atoms with E-state index < -0.39 is 18.1 Å². The van der Waals surface area contributed by atoms with Gasteiger partial charge in [0.05, 0.1) is 7.11 Å². The van der Waals surface area contributed by atoms with Gasteiger partial charge in [-0.3, -0.25) is 9.63 Å². The Morgan fingerprint density at radius 3 is 2.43 bits per heavy atom. The third-order valence-electron chi connectivity index (χ3n) is 1.99. The Labute approximate surface area is 84.8 Å². The molecule has 5 heteroatoms. The number of carbonyl (C=O) groups is 1. The predicted molar refractivity (Wildman–Crippen MR) is 53.2 cm³/mol. The van der Waals surface area contributed by atoms with Gasteiger partial charge in [-0.05, 0) is 12.3 Å². The fourth-order valence-corrected chi connectivity index (χ4v) is 1.13. The molecule has 3 N–H and O–H groups in total. The van der Waals surface area contributed by atoms with Crippen LogP contribution in [0, 0.1) is 5.92 Å². The number of amides is 1. The van der Waals surface area contributed by atoms with Gasteiger partial charge in [0.25, 0.3) is 5.91 Å². The van der Waals surface area contributed by atoms with E-state index in [4.69, 9.17) is 5.73 Å². The molecule has 1 amide bonds. The minimum atomic E-state index is -1.19. The highest BCUT2D eigenvalue weighted by Gasteiger charge is 2.26. The smallest absolute Gasteiger partial charge is 0.276 e. The van der Waals surface area contributed by atoms with Gasteiger partial charge < -0.3 is 10.8 Å². The Hall–Kier alpha value is -0.650. The van der Waals surface area contributed by atoms with Crippen LogP contribution in [-0.4, -0.2) is 42.4 Å². The topological polar surface area (TPSA) is 75.8 Å². The summed E-state index contributed by atoms with van der Waals surface area (Å²) in [6.45, 7) is 3.97. The molecular weight excluding hydrogens is 184 g/mol. The van der Waals surface area contributed by atoms with Crippen LogP contribution in [-0.2, 0) is 9.63 Å². The van der Waals surface area contributed by atoms with E-state index in [1.54, 1.807) is 0 Å². The maximum Gasteiger partial charge on any atom is 0.276 e. The number of rotatable bonds is 5. The van der Waals surface area contributed by atoms with Crippen LogP contribution in [0.4, 0.5) is 0 Å². The van der Waals surface area contributed by atoms with Crippen molar-refractivity contribution in [2.24, 2.45) is 11.7 Å². The number of hydroxylamine groups is 2. The summed E-state index contributed by atoms with van der Waals surface area (Å²) in [7, 11) is 2.80. The summed E-state index contributed by atoms with van der Waals surface area (Å²) >= 11 is 0. The maximum atomic E-state index is 11.4. The SMILES string of the molecule is CON(C)C(=O)[C@H](O)[C@@H](N)CC(C)C. The lowest BCUT2D eigenvalue weighted by Gasteiger charge is -2.23. The Bertz CT molecular complexity index is 185. The van der Waals surface area contributed by atoms with Crippen molar-refractivity contribution in [3.8, 4) is 0 Å². The summed E-state index contributed by atoms with van der Waals surface area (Å²) in [4.78, 5) is 16.0.